The van der Waals surface area contributed by atoms with Gasteiger partial charge in [-0.2, -0.15) is 0 Å². The van der Waals surface area contributed by atoms with E-state index in [1.807, 2.05) is 12.5 Å². The van der Waals surface area contributed by atoms with Crippen LogP contribution in [0.15, 0.2) is 36.8 Å². The fourth-order valence-electron chi connectivity index (χ4n) is 2.92. The van der Waals surface area contributed by atoms with E-state index in [0.717, 1.165) is 18.8 Å². The van der Waals surface area contributed by atoms with Gasteiger partial charge in [-0.1, -0.05) is 0 Å². The molecule has 0 aliphatic carbocycles. The molecule has 2 aromatic rings. The Balaban J connectivity index is 1.85. The third-order valence-corrected chi connectivity index (χ3v) is 10.7. The molecule has 4 nitrogen and oxygen atoms in total. The van der Waals surface area contributed by atoms with E-state index in [-0.39, 0.29) is 6.04 Å². The molecule has 1 atom stereocenters. The molecule has 1 saturated heterocycles. The molecule has 5 heteroatoms. The first-order valence-corrected chi connectivity index (χ1v) is 18.3. The first-order chi connectivity index (χ1) is 10.9. The van der Waals surface area contributed by atoms with Gasteiger partial charge in [-0.15, -0.1) is 0 Å². The Labute approximate surface area is 142 Å². The molecule has 1 fully saturated rings. The van der Waals surface area contributed by atoms with Gasteiger partial charge in [-0.05, 0) is 0 Å². The van der Waals surface area contributed by atoms with Crippen LogP contribution in [0.2, 0.25) is 14.8 Å². The number of hydrogen-bond acceptors (Lipinski definition) is 2. The van der Waals surface area contributed by atoms with Crippen molar-refractivity contribution in [2.45, 2.75) is 34.2 Å². The number of rotatable bonds is 4. The number of imidazole rings is 1. The third kappa shape index (κ3) is 3.32. The summed E-state index contributed by atoms with van der Waals surface area (Å²) in [6.45, 7) is 4.17. The summed E-state index contributed by atoms with van der Waals surface area (Å²) in [4.78, 5) is 13.7. The van der Waals surface area contributed by atoms with Crippen LogP contribution in [0.25, 0.3) is 0 Å². The van der Waals surface area contributed by atoms with E-state index >= 15 is 0 Å². The van der Waals surface area contributed by atoms with Crippen molar-refractivity contribution in [3.63, 3.8) is 0 Å². The average Bonchev–Trinajstić information content (AvgIpc) is 2.93. The van der Waals surface area contributed by atoms with Crippen molar-refractivity contribution in [3.8, 4) is 0 Å². The van der Waals surface area contributed by atoms with Crippen molar-refractivity contribution < 1.29 is 0 Å². The Morgan fingerprint density at radius 2 is 1.83 bits per heavy atom. The quantitative estimate of drug-likeness (QED) is 0.473. The summed E-state index contributed by atoms with van der Waals surface area (Å²) < 4.78 is 3.67. The molecule has 1 aromatic carbocycles. The number of nitrogens with one attached hydrogen (secondary N) is 1. The molecule has 0 radical (unpaired) electrons. The molecule has 3 rings (SSSR count). The first kappa shape index (κ1) is 16.6. The van der Waals surface area contributed by atoms with Gasteiger partial charge in [0.25, 0.3) is 0 Å². The van der Waals surface area contributed by atoms with Crippen LogP contribution in [0.3, 0.4) is 0 Å². The van der Waals surface area contributed by atoms with Crippen LogP contribution in [-0.4, -0.2) is 51.8 Å². The summed E-state index contributed by atoms with van der Waals surface area (Å²) in [5.74, 6) is 0.600. The summed E-state index contributed by atoms with van der Waals surface area (Å²) in [5.41, 5.74) is 2.19. The summed E-state index contributed by atoms with van der Waals surface area (Å²) in [5, 5.41) is 8.39. The summed E-state index contributed by atoms with van der Waals surface area (Å²) in [6, 6.07) is 9.30. The van der Waals surface area contributed by atoms with E-state index in [0.29, 0.717) is 5.84 Å². The zero-order valence-corrected chi connectivity index (χ0v) is 17.4. The number of likely N-dealkylation sites (tertiary alicyclic amines) is 1. The van der Waals surface area contributed by atoms with E-state index in [4.69, 9.17) is 5.41 Å². The molecule has 1 N–H and O–H groups in total. The molecule has 23 heavy (non-hydrogen) atoms. The van der Waals surface area contributed by atoms with E-state index in [2.05, 4.69) is 60.5 Å². The predicted molar refractivity (Wildman–Crippen MR) is 98.5 cm³/mol. The fraction of sp³-hybridized carbons (Fsp3) is 0.444. The van der Waals surface area contributed by atoms with E-state index in [1.54, 1.807) is 3.58 Å². The molecule has 0 amide bonds. The summed E-state index contributed by atoms with van der Waals surface area (Å²) >= 11 is -1.99. The molecule has 1 aliphatic rings. The van der Waals surface area contributed by atoms with Crippen molar-refractivity contribution in [3.05, 3.63) is 48.0 Å². The van der Waals surface area contributed by atoms with Crippen molar-refractivity contribution in [1.29, 1.82) is 5.41 Å². The molecule has 0 saturated carbocycles. The van der Waals surface area contributed by atoms with Crippen LogP contribution in [0.1, 0.15) is 30.6 Å². The molecular weight excluding hydrogens is 391 g/mol. The molecule has 0 bridgehead atoms. The van der Waals surface area contributed by atoms with Gasteiger partial charge in [0.15, 0.2) is 0 Å². The second kappa shape index (κ2) is 6.30. The van der Waals surface area contributed by atoms with Crippen LogP contribution < -0.4 is 3.58 Å². The second-order valence-electron chi connectivity index (χ2n) is 7.42. The average molecular weight is 417 g/mol. The Bertz CT molecular complexity index is 693. The van der Waals surface area contributed by atoms with Crippen molar-refractivity contribution in [2.75, 3.05) is 13.1 Å². The molecular formula is C18H26N4Sn. The maximum atomic E-state index is 8.39. The van der Waals surface area contributed by atoms with Crippen LogP contribution >= 0.6 is 0 Å². The number of hydrogen-bond donors (Lipinski definition) is 1. The first-order valence-electron chi connectivity index (χ1n) is 8.34. The maximum absolute atomic E-state index is 8.39. The van der Waals surface area contributed by atoms with Gasteiger partial charge in [0.2, 0.25) is 0 Å². The Hall–Kier alpha value is -1.30. The minimum absolute atomic E-state index is 0.193. The number of amidine groups is 1. The Morgan fingerprint density at radius 3 is 2.35 bits per heavy atom. The second-order valence-corrected chi connectivity index (χ2v) is 21.9. The van der Waals surface area contributed by atoms with Crippen LogP contribution in [0.4, 0.5) is 0 Å². The van der Waals surface area contributed by atoms with Crippen LogP contribution in [0, 0.1) is 5.41 Å². The van der Waals surface area contributed by atoms with Gasteiger partial charge in [0, 0.05) is 0 Å². The van der Waals surface area contributed by atoms with Crippen molar-refractivity contribution >= 4 is 27.8 Å². The Morgan fingerprint density at radius 1 is 1.17 bits per heavy atom. The monoisotopic (exact) mass is 418 g/mol. The van der Waals surface area contributed by atoms with Crippen LogP contribution in [-0.2, 0) is 0 Å². The van der Waals surface area contributed by atoms with Crippen LogP contribution in [0.5, 0.6) is 0 Å². The van der Waals surface area contributed by atoms with Gasteiger partial charge in [-0.25, -0.2) is 0 Å². The zero-order valence-electron chi connectivity index (χ0n) is 14.5. The summed E-state index contributed by atoms with van der Waals surface area (Å²) in [6.07, 6.45) is 4.86. The van der Waals surface area contributed by atoms with Crippen molar-refractivity contribution in [1.82, 2.24) is 14.5 Å². The predicted octanol–water partition coefficient (Wildman–Crippen LogP) is 3.07. The third-order valence-electron chi connectivity index (χ3n) is 4.76. The van der Waals surface area contributed by atoms with Gasteiger partial charge in [-0.3, -0.25) is 0 Å². The zero-order chi connectivity index (χ0) is 16.6. The molecule has 0 unspecified atom stereocenters. The normalized spacial score (nSPS) is 16.1. The number of nitrogens with zero attached hydrogens (tertiary/aromatic N) is 3. The summed E-state index contributed by atoms with van der Waals surface area (Å²) in [7, 11) is 0. The SMILES string of the molecule is C[C@H](c1cc[c]([Sn]([CH3])([CH3])[CH3])cc1)n1cncc1C(=N)N1CCC1. The molecule has 0 spiro atoms. The minimum atomic E-state index is -1.99. The molecule has 1 aromatic heterocycles. The van der Waals surface area contributed by atoms with Gasteiger partial charge in [0.05, 0.1) is 0 Å². The van der Waals surface area contributed by atoms with Gasteiger partial charge >= 0.3 is 143 Å². The molecule has 122 valence electrons. The molecule has 1 aliphatic heterocycles. The van der Waals surface area contributed by atoms with E-state index in [1.165, 1.54) is 12.0 Å². The van der Waals surface area contributed by atoms with E-state index < -0.39 is 18.4 Å². The van der Waals surface area contributed by atoms with Gasteiger partial charge < -0.3 is 0 Å². The van der Waals surface area contributed by atoms with E-state index in [9.17, 15) is 0 Å². The number of aromatic nitrogens is 2. The topological polar surface area (TPSA) is 44.9 Å². The van der Waals surface area contributed by atoms with Gasteiger partial charge in [0.1, 0.15) is 0 Å². The fourth-order valence-corrected chi connectivity index (χ4v) is 6.25. The van der Waals surface area contributed by atoms with Crippen molar-refractivity contribution in [2.24, 2.45) is 0 Å². The Kier molecular flexibility index (Phi) is 4.54. The number of benzene rings is 1. The standard InChI is InChI=1S/C15H17N4.3CH3.Sn/c1-12(13-6-3-2-4-7-13)19-11-17-10-14(19)15(16)18-8-5-9-18;;;;/h3-4,6-7,10-12,16H,5,8-9H2,1H3;3*1H3;/t12-;;;;/m1..../s1. The molecule has 2 heterocycles.